The van der Waals surface area contributed by atoms with Gasteiger partial charge >= 0.3 is 0 Å². The van der Waals surface area contributed by atoms with Crippen LogP contribution in [0.15, 0.2) is 12.3 Å². The molecule has 3 heteroatoms. The van der Waals surface area contributed by atoms with Crippen LogP contribution in [0.1, 0.15) is 52.4 Å². The zero-order chi connectivity index (χ0) is 14.0. The Morgan fingerprint density at radius 1 is 1.11 bits per heavy atom. The Bertz CT molecular complexity index is 221. The van der Waals surface area contributed by atoms with Gasteiger partial charge in [0.1, 0.15) is 6.10 Å². The molecule has 0 aromatic rings. The van der Waals surface area contributed by atoms with Crippen LogP contribution in [0.4, 0.5) is 0 Å². The van der Waals surface area contributed by atoms with E-state index in [4.69, 9.17) is 9.16 Å². The van der Waals surface area contributed by atoms with Crippen LogP contribution < -0.4 is 0 Å². The molecule has 0 saturated heterocycles. The van der Waals surface area contributed by atoms with Crippen molar-refractivity contribution in [3.8, 4) is 0 Å². The molecule has 18 heavy (non-hydrogen) atoms. The van der Waals surface area contributed by atoms with E-state index in [1.807, 2.05) is 6.92 Å². The predicted octanol–water partition coefficient (Wildman–Crippen LogP) is 5.12. The van der Waals surface area contributed by atoms with E-state index in [1.165, 1.54) is 25.7 Å². The lowest BCUT2D eigenvalue weighted by Crippen LogP contribution is -2.27. The van der Waals surface area contributed by atoms with Crippen LogP contribution in [-0.2, 0) is 9.16 Å². The van der Waals surface area contributed by atoms with Gasteiger partial charge in [0.15, 0.2) is 8.32 Å². The van der Waals surface area contributed by atoms with Gasteiger partial charge < -0.3 is 9.16 Å². The molecule has 0 aliphatic carbocycles. The fourth-order valence-corrected chi connectivity index (χ4v) is 2.57. The second kappa shape index (κ2) is 9.62. The third-order valence-electron chi connectivity index (χ3n) is 2.72. The molecule has 0 N–H and O–H groups in total. The molecule has 2 nitrogen and oxygen atoms in total. The molecule has 0 rings (SSSR count). The summed E-state index contributed by atoms with van der Waals surface area (Å²) in [5, 5.41) is 0. The Labute approximate surface area is 115 Å². The first-order valence-electron chi connectivity index (χ1n) is 7.31. The molecule has 0 bridgehead atoms. The van der Waals surface area contributed by atoms with Gasteiger partial charge in [-0.25, -0.2) is 0 Å². The largest absolute Gasteiger partial charge is 0.496 e. The second-order valence-corrected chi connectivity index (χ2v) is 10.6. The van der Waals surface area contributed by atoms with Crippen LogP contribution in [0.5, 0.6) is 0 Å². The number of allylic oxidation sites excluding steroid dienone is 1. The van der Waals surface area contributed by atoms with Crippen LogP contribution in [0.3, 0.4) is 0 Å². The van der Waals surface area contributed by atoms with Crippen molar-refractivity contribution in [1.29, 1.82) is 0 Å². The minimum absolute atomic E-state index is 0.288. The number of hydrogen-bond acceptors (Lipinski definition) is 2. The first-order chi connectivity index (χ1) is 8.35. The number of ether oxygens (including phenoxy) is 1. The third-order valence-corrected chi connectivity index (χ3v) is 3.79. The monoisotopic (exact) mass is 272 g/mol. The number of rotatable bonds is 11. The third kappa shape index (κ3) is 12.2. The molecule has 0 aromatic heterocycles. The first kappa shape index (κ1) is 17.7. The van der Waals surface area contributed by atoms with Crippen molar-refractivity contribution in [1.82, 2.24) is 0 Å². The van der Waals surface area contributed by atoms with Crippen LogP contribution in [0.2, 0.25) is 19.6 Å². The standard InChI is InChI=1S/C15H32O2Si/c1-7-8-9-10-11-15(17-14(2)3)12-13-16-18(4,5)6/h15H,2,7-13H2,1,3-6H3. The summed E-state index contributed by atoms with van der Waals surface area (Å²) in [6.07, 6.45) is 7.57. The van der Waals surface area contributed by atoms with Gasteiger partial charge in [-0.2, -0.15) is 0 Å². The molecule has 0 spiro atoms. The van der Waals surface area contributed by atoms with Crippen molar-refractivity contribution in [2.45, 2.75) is 78.1 Å². The van der Waals surface area contributed by atoms with Gasteiger partial charge in [0.25, 0.3) is 0 Å². The van der Waals surface area contributed by atoms with Gasteiger partial charge in [-0.1, -0.05) is 32.8 Å². The fourth-order valence-electron chi connectivity index (χ4n) is 1.84. The van der Waals surface area contributed by atoms with Gasteiger partial charge in [-0.15, -0.1) is 0 Å². The molecule has 0 heterocycles. The summed E-state index contributed by atoms with van der Waals surface area (Å²) in [5.74, 6) is 0.823. The average molecular weight is 273 g/mol. The van der Waals surface area contributed by atoms with Crippen molar-refractivity contribution in [3.63, 3.8) is 0 Å². The van der Waals surface area contributed by atoms with Crippen LogP contribution in [0, 0.1) is 0 Å². The summed E-state index contributed by atoms with van der Waals surface area (Å²) >= 11 is 0. The summed E-state index contributed by atoms with van der Waals surface area (Å²) < 4.78 is 11.7. The molecule has 0 amide bonds. The van der Waals surface area contributed by atoms with E-state index in [2.05, 4.69) is 33.1 Å². The topological polar surface area (TPSA) is 18.5 Å². The van der Waals surface area contributed by atoms with Crippen molar-refractivity contribution in [2.24, 2.45) is 0 Å². The fraction of sp³-hybridized carbons (Fsp3) is 0.867. The lowest BCUT2D eigenvalue weighted by atomic mass is 10.1. The Hall–Kier alpha value is -0.283. The summed E-state index contributed by atoms with van der Waals surface area (Å²) in [6.45, 7) is 15.5. The summed E-state index contributed by atoms with van der Waals surface area (Å²) in [6, 6.07) is 0. The van der Waals surface area contributed by atoms with E-state index < -0.39 is 8.32 Å². The summed E-state index contributed by atoms with van der Waals surface area (Å²) in [7, 11) is -1.39. The minimum Gasteiger partial charge on any atom is -0.496 e. The minimum atomic E-state index is -1.39. The molecule has 0 radical (unpaired) electrons. The van der Waals surface area contributed by atoms with Crippen LogP contribution in [-0.4, -0.2) is 21.0 Å². The van der Waals surface area contributed by atoms with Gasteiger partial charge in [0.2, 0.25) is 0 Å². The molecular weight excluding hydrogens is 240 g/mol. The van der Waals surface area contributed by atoms with E-state index in [-0.39, 0.29) is 6.10 Å². The molecule has 0 aromatic carbocycles. The molecular formula is C15H32O2Si. The van der Waals surface area contributed by atoms with Gasteiger partial charge in [-0.05, 0) is 39.4 Å². The lowest BCUT2D eigenvalue weighted by Gasteiger charge is -2.22. The summed E-state index contributed by atoms with van der Waals surface area (Å²) in [5.41, 5.74) is 0. The Morgan fingerprint density at radius 3 is 2.28 bits per heavy atom. The van der Waals surface area contributed by atoms with E-state index in [0.717, 1.165) is 25.2 Å². The predicted molar refractivity (Wildman–Crippen MR) is 82.4 cm³/mol. The quantitative estimate of drug-likeness (QED) is 0.295. The average Bonchev–Trinajstić information content (AvgIpc) is 2.21. The van der Waals surface area contributed by atoms with Crippen LogP contribution >= 0.6 is 0 Å². The maximum absolute atomic E-state index is 5.90. The SMILES string of the molecule is C=C(C)OC(CCCCCC)CCO[Si](C)(C)C. The smallest absolute Gasteiger partial charge is 0.183 e. The van der Waals surface area contributed by atoms with Gasteiger partial charge in [-0.3, -0.25) is 0 Å². The maximum atomic E-state index is 5.90. The molecule has 0 saturated carbocycles. The van der Waals surface area contributed by atoms with Crippen molar-refractivity contribution >= 4 is 8.32 Å². The molecule has 0 fully saturated rings. The maximum Gasteiger partial charge on any atom is 0.183 e. The highest BCUT2D eigenvalue weighted by atomic mass is 28.4. The Morgan fingerprint density at radius 2 is 1.78 bits per heavy atom. The Kier molecular flexibility index (Phi) is 9.47. The molecule has 0 aliphatic heterocycles. The highest BCUT2D eigenvalue weighted by Crippen LogP contribution is 2.15. The first-order valence-corrected chi connectivity index (χ1v) is 10.7. The normalized spacial score (nSPS) is 13.4. The highest BCUT2D eigenvalue weighted by Gasteiger charge is 2.16. The second-order valence-electron chi connectivity index (χ2n) is 6.04. The van der Waals surface area contributed by atoms with Crippen LogP contribution in [0.25, 0.3) is 0 Å². The van der Waals surface area contributed by atoms with E-state index in [9.17, 15) is 0 Å². The van der Waals surface area contributed by atoms with E-state index in [1.54, 1.807) is 0 Å². The number of unbranched alkanes of at least 4 members (excludes halogenated alkanes) is 3. The van der Waals surface area contributed by atoms with E-state index >= 15 is 0 Å². The van der Waals surface area contributed by atoms with Gasteiger partial charge in [0.05, 0.1) is 5.76 Å². The van der Waals surface area contributed by atoms with Crippen molar-refractivity contribution < 1.29 is 9.16 Å². The van der Waals surface area contributed by atoms with Crippen molar-refractivity contribution in [3.05, 3.63) is 12.3 Å². The highest BCUT2D eigenvalue weighted by molar-refractivity contribution is 6.69. The molecule has 108 valence electrons. The lowest BCUT2D eigenvalue weighted by molar-refractivity contribution is 0.0845. The zero-order valence-corrected chi connectivity index (χ0v) is 14.1. The van der Waals surface area contributed by atoms with Gasteiger partial charge in [0, 0.05) is 13.0 Å². The van der Waals surface area contributed by atoms with Crippen molar-refractivity contribution in [2.75, 3.05) is 6.61 Å². The Balaban J connectivity index is 3.87. The number of hydrogen-bond donors (Lipinski definition) is 0. The van der Waals surface area contributed by atoms with E-state index in [0.29, 0.717) is 0 Å². The zero-order valence-electron chi connectivity index (χ0n) is 13.1. The molecule has 0 aliphatic rings. The summed E-state index contributed by atoms with van der Waals surface area (Å²) in [4.78, 5) is 0. The molecule has 1 atom stereocenters. The molecule has 1 unspecified atom stereocenters.